The van der Waals surface area contributed by atoms with Crippen LogP contribution in [0.4, 0.5) is 11.4 Å². The van der Waals surface area contributed by atoms with Gasteiger partial charge >= 0.3 is 0 Å². The Morgan fingerprint density at radius 1 is 0.950 bits per heavy atom. The molecule has 0 bridgehead atoms. The quantitative estimate of drug-likeness (QED) is 0.343. The molecule has 1 heterocycles. The number of rotatable bonds is 10. The number of hydrogen-bond donors (Lipinski definition) is 1. The molecule has 0 radical (unpaired) electrons. The summed E-state index contributed by atoms with van der Waals surface area (Å²) in [5, 5.41) is 0. The molecule has 2 aliphatic carbocycles. The SMILES string of the molecule is COc1ccc(CN2C(=O)C3(CCC3)c3cc(NS(=O)(=O)c4ccccc4OC)cc(OCC4CCC4)c32)cc1. The molecule has 3 aliphatic rings. The molecule has 1 aliphatic heterocycles. The summed E-state index contributed by atoms with van der Waals surface area (Å²) in [5.74, 6) is 2.06. The van der Waals surface area contributed by atoms with Gasteiger partial charge in [0.05, 0.1) is 44.2 Å². The minimum atomic E-state index is -3.96. The van der Waals surface area contributed by atoms with Crippen molar-refractivity contribution in [3.8, 4) is 17.2 Å². The predicted molar refractivity (Wildman–Crippen MR) is 153 cm³/mol. The lowest BCUT2D eigenvalue weighted by Crippen LogP contribution is -2.44. The van der Waals surface area contributed by atoms with E-state index in [0.29, 0.717) is 30.5 Å². The van der Waals surface area contributed by atoms with Crippen molar-refractivity contribution in [1.29, 1.82) is 0 Å². The highest BCUT2D eigenvalue weighted by Gasteiger charge is 2.55. The Morgan fingerprint density at radius 3 is 2.33 bits per heavy atom. The number of fused-ring (bicyclic) bond motifs is 2. The van der Waals surface area contributed by atoms with E-state index in [9.17, 15) is 13.2 Å². The van der Waals surface area contributed by atoms with Gasteiger partial charge in [-0.2, -0.15) is 0 Å². The lowest BCUT2D eigenvalue weighted by atomic mass is 9.65. The minimum absolute atomic E-state index is 0.0443. The normalized spacial score (nSPS) is 17.6. The van der Waals surface area contributed by atoms with E-state index < -0.39 is 15.4 Å². The first-order valence-electron chi connectivity index (χ1n) is 13.8. The van der Waals surface area contributed by atoms with Crippen LogP contribution in [0, 0.1) is 5.92 Å². The number of carbonyl (C=O) groups is 1. The molecule has 2 fully saturated rings. The molecule has 0 unspecified atom stereocenters. The third-order valence-corrected chi connectivity index (χ3v) is 9.95. The van der Waals surface area contributed by atoms with Crippen molar-refractivity contribution in [3.05, 3.63) is 71.8 Å². The summed E-state index contributed by atoms with van der Waals surface area (Å²) in [7, 11) is -0.894. The van der Waals surface area contributed by atoms with Gasteiger partial charge in [-0.1, -0.05) is 37.1 Å². The number of ether oxygens (including phenoxy) is 3. The number of nitrogens with zero attached hydrogens (tertiary/aromatic N) is 1. The van der Waals surface area contributed by atoms with Gasteiger partial charge in [0.25, 0.3) is 10.0 Å². The second-order valence-electron chi connectivity index (χ2n) is 10.9. The zero-order chi connectivity index (χ0) is 27.9. The molecule has 3 aromatic rings. The maximum absolute atomic E-state index is 14.0. The molecule has 6 rings (SSSR count). The van der Waals surface area contributed by atoms with Crippen molar-refractivity contribution in [2.24, 2.45) is 5.92 Å². The molecule has 1 spiro atoms. The highest BCUT2D eigenvalue weighted by atomic mass is 32.2. The van der Waals surface area contributed by atoms with Gasteiger partial charge in [0.15, 0.2) is 0 Å². The van der Waals surface area contributed by atoms with Crippen LogP contribution in [0.15, 0.2) is 65.6 Å². The summed E-state index contributed by atoms with van der Waals surface area (Å²) in [6.45, 7) is 0.927. The number of carbonyl (C=O) groups excluding carboxylic acids is 1. The number of benzene rings is 3. The second kappa shape index (κ2) is 10.4. The standard InChI is InChI=1S/C31H34N2O6S/c1-37-24-13-11-21(12-14-24)19-33-29-25(31(30(33)34)15-6-16-31)17-23(18-27(29)39-20-22-7-5-8-22)32-40(35,36)28-10-4-3-9-26(28)38-2/h3-4,9-14,17-18,22,32H,5-8,15-16,19-20H2,1-2H3. The minimum Gasteiger partial charge on any atom is -0.497 e. The van der Waals surface area contributed by atoms with Gasteiger partial charge in [-0.3, -0.25) is 9.52 Å². The maximum atomic E-state index is 14.0. The monoisotopic (exact) mass is 562 g/mol. The molecule has 1 N–H and O–H groups in total. The lowest BCUT2D eigenvalue weighted by Gasteiger charge is -2.37. The van der Waals surface area contributed by atoms with Crippen LogP contribution in [0.5, 0.6) is 17.2 Å². The van der Waals surface area contributed by atoms with Crippen molar-refractivity contribution < 1.29 is 27.4 Å². The van der Waals surface area contributed by atoms with Crippen LogP contribution < -0.4 is 23.8 Å². The van der Waals surface area contributed by atoms with Gasteiger partial charge in [0, 0.05) is 6.07 Å². The zero-order valence-corrected chi connectivity index (χ0v) is 23.6. The smallest absolute Gasteiger partial charge is 0.265 e. The summed E-state index contributed by atoms with van der Waals surface area (Å²) in [6.07, 6.45) is 5.81. The second-order valence-corrected chi connectivity index (χ2v) is 12.6. The van der Waals surface area contributed by atoms with Crippen LogP contribution in [0.1, 0.15) is 49.7 Å². The molecule has 40 heavy (non-hydrogen) atoms. The molecule has 210 valence electrons. The summed E-state index contributed by atoms with van der Waals surface area (Å²) in [5.41, 5.74) is 2.27. The third-order valence-electron chi connectivity index (χ3n) is 8.53. The fourth-order valence-electron chi connectivity index (χ4n) is 5.89. The van der Waals surface area contributed by atoms with Crippen molar-refractivity contribution in [2.45, 2.75) is 55.4 Å². The van der Waals surface area contributed by atoms with E-state index in [-0.39, 0.29) is 16.6 Å². The van der Waals surface area contributed by atoms with Gasteiger partial charge in [-0.15, -0.1) is 0 Å². The van der Waals surface area contributed by atoms with Gasteiger partial charge in [0.2, 0.25) is 5.91 Å². The molecule has 0 saturated heterocycles. The first kappa shape index (κ1) is 26.5. The molecule has 8 nitrogen and oxygen atoms in total. The predicted octanol–water partition coefficient (Wildman–Crippen LogP) is 5.65. The van der Waals surface area contributed by atoms with E-state index in [1.807, 2.05) is 35.2 Å². The van der Waals surface area contributed by atoms with E-state index >= 15 is 0 Å². The molecule has 9 heteroatoms. The van der Waals surface area contributed by atoms with Crippen molar-refractivity contribution in [1.82, 2.24) is 0 Å². The van der Waals surface area contributed by atoms with Crippen molar-refractivity contribution >= 4 is 27.3 Å². The highest BCUT2D eigenvalue weighted by Crippen LogP contribution is 2.57. The summed E-state index contributed by atoms with van der Waals surface area (Å²) in [6, 6.07) is 17.7. The van der Waals surface area contributed by atoms with Gasteiger partial charge in [-0.25, -0.2) is 8.42 Å². The van der Waals surface area contributed by atoms with E-state index in [2.05, 4.69) is 4.72 Å². The van der Waals surface area contributed by atoms with E-state index in [1.54, 1.807) is 31.4 Å². The Balaban J connectivity index is 1.41. The maximum Gasteiger partial charge on any atom is 0.265 e. The molecule has 3 aromatic carbocycles. The first-order chi connectivity index (χ1) is 19.3. The summed E-state index contributed by atoms with van der Waals surface area (Å²) >= 11 is 0. The Bertz CT molecular complexity index is 1530. The van der Waals surface area contributed by atoms with E-state index in [4.69, 9.17) is 14.2 Å². The fourth-order valence-corrected chi connectivity index (χ4v) is 7.10. The third kappa shape index (κ3) is 4.56. The average Bonchev–Trinajstić information content (AvgIpc) is 3.15. The highest BCUT2D eigenvalue weighted by molar-refractivity contribution is 7.92. The summed E-state index contributed by atoms with van der Waals surface area (Å²) in [4.78, 5) is 15.9. The largest absolute Gasteiger partial charge is 0.497 e. The number of sulfonamides is 1. The van der Waals surface area contributed by atoms with Crippen LogP contribution in [-0.2, 0) is 26.8 Å². The van der Waals surface area contributed by atoms with Crippen molar-refractivity contribution in [2.75, 3.05) is 30.4 Å². The fraction of sp³-hybridized carbons (Fsp3) is 0.387. The van der Waals surface area contributed by atoms with Crippen LogP contribution in [-0.4, -0.2) is 35.2 Å². The number of hydrogen-bond acceptors (Lipinski definition) is 6. The zero-order valence-electron chi connectivity index (χ0n) is 22.8. The van der Waals surface area contributed by atoms with E-state index in [0.717, 1.165) is 54.7 Å². The topological polar surface area (TPSA) is 94.2 Å². The lowest BCUT2D eigenvalue weighted by molar-refractivity contribution is -0.126. The number of anilines is 2. The van der Waals surface area contributed by atoms with Crippen LogP contribution in [0.3, 0.4) is 0 Å². The van der Waals surface area contributed by atoms with Crippen LogP contribution >= 0.6 is 0 Å². The molecular formula is C31H34N2O6S. The number of nitrogens with one attached hydrogen (secondary N) is 1. The Kier molecular flexibility index (Phi) is 6.86. The van der Waals surface area contributed by atoms with Gasteiger partial charge < -0.3 is 19.1 Å². The summed E-state index contributed by atoms with van der Waals surface area (Å²) < 4.78 is 46.7. The van der Waals surface area contributed by atoms with Crippen molar-refractivity contribution in [3.63, 3.8) is 0 Å². The molecule has 1 amide bonds. The molecule has 0 aromatic heterocycles. The van der Waals surface area contributed by atoms with Crippen LogP contribution in [0.25, 0.3) is 0 Å². The molecule has 2 saturated carbocycles. The molecular weight excluding hydrogens is 528 g/mol. The Hall–Kier alpha value is -3.72. The molecule has 0 atom stereocenters. The first-order valence-corrected chi connectivity index (χ1v) is 15.2. The Labute approximate surface area is 235 Å². The van der Waals surface area contributed by atoms with Crippen LogP contribution in [0.2, 0.25) is 0 Å². The average molecular weight is 563 g/mol. The van der Waals surface area contributed by atoms with Gasteiger partial charge in [0.1, 0.15) is 22.1 Å². The Morgan fingerprint density at radius 2 is 1.70 bits per heavy atom. The van der Waals surface area contributed by atoms with Gasteiger partial charge in [-0.05, 0) is 73.1 Å². The van der Waals surface area contributed by atoms with E-state index in [1.165, 1.54) is 19.6 Å². The number of para-hydroxylation sites is 1. The number of methoxy groups -OCH3 is 2. The number of amides is 1.